The first-order chi connectivity index (χ1) is 9.54. The molecule has 0 spiro atoms. The molecule has 1 heterocycles. The van der Waals surface area contributed by atoms with Crippen LogP contribution < -0.4 is 11.1 Å². The van der Waals surface area contributed by atoms with Gasteiger partial charge >= 0.3 is 0 Å². The lowest BCUT2D eigenvalue weighted by Crippen LogP contribution is -2.42. The zero-order valence-electron chi connectivity index (χ0n) is 11.1. The van der Waals surface area contributed by atoms with Crippen LogP contribution in [0.25, 0.3) is 0 Å². The van der Waals surface area contributed by atoms with Gasteiger partial charge in [-0.1, -0.05) is 15.9 Å². The van der Waals surface area contributed by atoms with Crippen molar-refractivity contribution in [1.82, 2.24) is 4.90 Å². The van der Waals surface area contributed by atoms with Gasteiger partial charge in [-0.15, -0.1) is 0 Å². The second-order valence-electron chi connectivity index (χ2n) is 5.01. The number of hydrogen-bond acceptors (Lipinski definition) is 3. The summed E-state index contributed by atoms with van der Waals surface area (Å²) in [6.07, 6.45) is 1.47. The number of hydrogen-bond donors (Lipinski definition) is 2. The molecule has 1 aromatic carbocycles. The maximum atomic E-state index is 11.9. The number of nitrogens with zero attached hydrogens (tertiary/aromatic N) is 1. The van der Waals surface area contributed by atoms with Crippen LogP contribution in [0.4, 0.5) is 5.69 Å². The van der Waals surface area contributed by atoms with Crippen LogP contribution in [0.1, 0.15) is 12.8 Å². The summed E-state index contributed by atoms with van der Waals surface area (Å²) in [5, 5.41) is 2.86. The van der Waals surface area contributed by atoms with Gasteiger partial charge in [0, 0.05) is 16.1 Å². The lowest BCUT2D eigenvalue weighted by atomic mass is 9.96. The van der Waals surface area contributed by atoms with Crippen molar-refractivity contribution in [1.29, 1.82) is 0 Å². The molecule has 0 aromatic heterocycles. The van der Waals surface area contributed by atoms with Crippen molar-refractivity contribution in [2.75, 3.05) is 25.0 Å². The van der Waals surface area contributed by atoms with Crippen LogP contribution in [0.2, 0.25) is 0 Å². The normalized spacial score (nSPS) is 16.9. The molecule has 1 saturated heterocycles. The number of anilines is 1. The van der Waals surface area contributed by atoms with Gasteiger partial charge in [0.15, 0.2) is 0 Å². The molecule has 1 fully saturated rings. The highest BCUT2D eigenvalue weighted by molar-refractivity contribution is 9.10. The van der Waals surface area contributed by atoms with Gasteiger partial charge in [-0.05, 0) is 50.2 Å². The van der Waals surface area contributed by atoms with Crippen LogP contribution in [0.5, 0.6) is 0 Å². The summed E-state index contributed by atoms with van der Waals surface area (Å²) in [5.74, 6) is -0.311. The Labute approximate surface area is 126 Å². The first-order valence-corrected chi connectivity index (χ1v) is 7.41. The van der Waals surface area contributed by atoms with Crippen molar-refractivity contribution in [3.8, 4) is 0 Å². The molecule has 0 bridgehead atoms. The number of halogens is 1. The van der Waals surface area contributed by atoms with Crippen molar-refractivity contribution in [2.45, 2.75) is 12.8 Å². The Morgan fingerprint density at radius 1 is 1.25 bits per heavy atom. The van der Waals surface area contributed by atoms with Crippen LogP contribution >= 0.6 is 15.9 Å². The third-order valence-electron chi connectivity index (χ3n) is 3.49. The zero-order valence-corrected chi connectivity index (χ0v) is 12.7. The average Bonchev–Trinajstić information content (AvgIpc) is 2.42. The number of nitrogens with two attached hydrogens (primary N) is 1. The molecular formula is C14H18BrN3O2. The Morgan fingerprint density at radius 2 is 1.85 bits per heavy atom. The molecule has 6 heteroatoms. The van der Waals surface area contributed by atoms with Gasteiger partial charge in [0.05, 0.1) is 6.54 Å². The SMILES string of the molecule is NC(=O)C1CCN(CC(=O)Nc2ccc(Br)cc2)CC1. The van der Waals surface area contributed by atoms with E-state index < -0.39 is 0 Å². The van der Waals surface area contributed by atoms with Gasteiger partial charge < -0.3 is 11.1 Å². The maximum absolute atomic E-state index is 11.9. The van der Waals surface area contributed by atoms with E-state index in [1.807, 2.05) is 29.2 Å². The monoisotopic (exact) mass is 339 g/mol. The van der Waals surface area contributed by atoms with E-state index >= 15 is 0 Å². The Hall–Kier alpha value is -1.40. The molecule has 1 aliphatic rings. The van der Waals surface area contributed by atoms with E-state index in [2.05, 4.69) is 21.2 Å². The second kappa shape index (κ2) is 6.85. The fourth-order valence-electron chi connectivity index (χ4n) is 2.31. The largest absolute Gasteiger partial charge is 0.369 e. The van der Waals surface area contributed by atoms with E-state index in [1.165, 1.54) is 0 Å². The van der Waals surface area contributed by atoms with E-state index in [0.717, 1.165) is 36.1 Å². The van der Waals surface area contributed by atoms with Crippen LogP contribution in [0.3, 0.4) is 0 Å². The van der Waals surface area contributed by atoms with Crippen molar-refractivity contribution in [3.63, 3.8) is 0 Å². The Kier molecular flexibility index (Phi) is 5.14. The first-order valence-electron chi connectivity index (χ1n) is 6.61. The highest BCUT2D eigenvalue weighted by Crippen LogP contribution is 2.17. The minimum atomic E-state index is -0.232. The van der Waals surface area contributed by atoms with Crippen molar-refractivity contribution in [3.05, 3.63) is 28.7 Å². The topological polar surface area (TPSA) is 75.4 Å². The summed E-state index contributed by atoms with van der Waals surface area (Å²) in [7, 11) is 0. The molecule has 108 valence electrons. The molecule has 2 amide bonds. The maximum Gasteiger partial charge on any atom is 0.238 e. The van der Waals surface area contributed by atoms with Crippen molar-refractivity contribution < 1.29 is 9.59 Å². The average molecular weight is 340 g/mol. The summed E-state index contributed by atoms with van der Waals surface area (Å²) in [6.45, 7) is 1.82. The Morgan fingerprint density at radius 3 is 2.40 bits per heavy atom. The fraction of sp³-hybridized carbons (Fsp3) is 0.429. The van der Waals surface area contributed by atoms with E-state index in [4.69, 9.17) is 5.73 Å². The summed E-state index contributed by atoms with van der Waals surface area (Å²) in [6, 6.07) is 7.46. The lowest BCUT2D eigenvalue weighted by Gasteiger charge is -2.29. The van der Waals surface area contributed by atoms with Crippen molar-refractivity contribution >= 4 is 33.4 Å². The number of primary amides is 1. The standard InChI is InChI=1S/C14H18BrN3O2/c15-11-1-3-12(4-2-11)17-13(19)9-18-7-5-10(6-8-18)14(16)20/h1-4,10H,5-9H2,(H2,16,20)(H,17,19). The van der Waals surface area contributed by atoms with Crippen molar-refractivity contribution in [2.24, 2.45) is 11.7 Å². The Balaban J connectivity index is 1.78. The first kappa shape index (κ1) is 15.0. The lowest BCUT2D eigenvalue weighted by molar-refractivity contribution is -0.123. The molecule has 5 nitrogen and oxygen atoms in total. The summed E-state index contributed by atoms with van der Waals surface area (Å²) < 4.78 is 0.976. The number of rotatable bonds is 4. The van der Waals surface area contributed by atoms with Crippen LogP contribution in [0, 0.1) is 5.92 Å². The van der Waals surface area contributed by atoms with E-state index in [9.17, 15) is 9.59 Å². The number of amides is 2. The molecule has 0 unspecified atom stereocenters. The van der Waals surface area contributed by atoms with Gasteiger partial charge in [-0.3, -0.25) is 14.5 Å². The van der Waals surface area contributed by atoms with Gasteiger partial charge in [0.2, 0.25) is 11.8 Å². The van der Waals surface area contributed by atoms with Crippen LogP contribution in [-0.4, -0.2) is 36.3 Å². The number of nitrogens with one attached hydrogen (secondary N) is 1. The molecule has 0 radical (unpaired) electrons. The Bertz CT molecular complexity index is 482. The number of likely N-dealkylation sites (tertiary alicyclic amines) is 1. The predicted octanol–water partition coefficient (Wildman–Crippen LogP) is 1.58. The molecular weight excluding hydrogens is 322 g/mol. The number of piperidine rings is 1. The highest BCUT2D eigenvalue weighted by Gasteiger charge is 2.24. The third-order valence-corrected chi connectivity index (χ3v) is 4.01. The quantitative estimate of drug-likeness (QED) is 0.874. The second-order valence-corrected chi connectivity index (χ2v) is 5.92. The van der Waals surface area contributed by atoms with Gasteiger partial charge in [0.1, 0.15) is 0 Å². The molecule has 1 aromatic rings. The summed E-state index contributed by atoms with van der Waals surface area (Å²) >= 11 is 3.35. The smallest absolute Gasteiger partial charge is 0.238 e. The molecule has 20 heavy (non-hydrogen) atoms. The minimum Gasteiger partial charge on any atom is -0.369 e. The molecule has 0 atom stereocenters. The highest BCUT2D eigenvalue weighted by atomic mass is 79.9. The van der Waals surface area contributed by atoms with Crippen LogP contribution in [0.15, 0.2) is 28.7 Å². The van der Waals surface area contributed by atoms with Gasteiger partial charge in [-0.25, -0.2) is 0 Å². The number of benzene rings is 1. The summed E-state index contributed by atoms with van der Waals surface area (Å²) in [5.41, 5.74) is 6.07. The van der Waals surface area contributed by atoms with Gasteiger partial charge in [-0.2, -0.15) is 0 Å². The van der Waals surface area contributed by atoms with Gasteiger partial charge in [0.25, 0.3) is 0 Å². The number of carbonyl (C=O) groups excluding carboxylic acids is 2. The minimum absolute atomic E-state index is 0.0372. The predicted molar refractivity (Wildman–Crippen MR) is 81.1 cm³/mol. The fourth-order valence-corrected chi connectivity index (χ4v) is 2.58. The molecule has 2 rings (SSSR count). The van der Waals surface area contributed by atoms with Crippen LogP contribution in [-0.2, 0) is 9.59 Å². The molecule has 3 N–H and O–H groups in total. The third kappa shape index (κ3) is 4.31. The van der Waals surface area contributed by atoms with E-state index in [-0.39, 0.29) is 17.7 Å². The number of carbonyl (C=O) groups is 2. The summed E-state index contributed by atoms with van der Waals surface area (Å²) in [4.78, 5) is 25.0. The molecule has 0 aliphatic carbocycles. The molecule has 1 aliphatic heterocycles. The van der Waals surface area contributed by atoms with E-state index in [0.29, 0.717) is 6.54 Å². The zero-order chi connectivity index (χ0) is 14.5. The molecule has 0 saturated carbocycles. The van der Waals surface area contributed by atoms with E-state index in [1.54, 1.807) is 0 Å².